The van der Waals surface area contributed by atoms with Crippen molar-refractivity contribution in [1.29, 1.82) is 0 Å². The summed E-state index contributed by atoms with van der Waals surface area (Å²) in [5.41, 5.74) is 0. The summed E-state index contributed by atoms with van der Waals surface area (Å²) in [4.78, 5) is 10.6. The summed E-state index contributed by atoms with van der Waals surface area (Å²) in [6.07, 6.45) is 8.36. The molecule has 128 valence electrons. The van der Waals surface area contributed by atoms with Gasteiger partial charge in [0.2, 0.25) is 0 Å². The molecule has 0 aromatic rings. The Morgan fingerprint density at radius 2 is 0.955 bits per heavy atom. The molecule has 0 N–H and O–H groups in total. The van der Waals surface area contributed by atoms with E-state index >= 15 is 0 Å². The zero-order valence-corrected chi connectivity index (χ0v) is 15.0. The van der Waals surface area contributed by atoms with E-state index < -0.39 is 0 Å². The highest BCUT2D eigenvalue weighted by Crippen LogP contribution is 2.22. The first-order valence-electron chi connectivity index (χ1n) is 9.46. The van der Waals surface area contributed by atoms with Gasteiger partial charge in [-0.2, -0.15) is 0 Å². The summed E-state index contributed by atoms with van der Waals surface area (Å²) in [6.45, 7) is 7.74. The lowest BCUT2D eigenvalue weighted by atomic mass is 10.1. The molecule has 0 aliphatic carbocycles. The molecular formula is C18H36N4. The van der Waals surface area contributed by atoms with Crippen LogP contribution in [-0.4, -0.2) is 98.1 Å². The molecule has 0 saturated carbocycles. The van der Waals surface area contributed by atoms with Gasteiger partial charge in [0.05, 0.1) is 0 Å². The van der Waals surface area contributed by atoms with Crippen molar-refractivity contribution in [1.82, 2.24) is 19.6 Å². The van der Waals surface area contributed by atoms with E-state index in [1.54, 1.807) is 0 Å². The minimum absolute atomic E-state index is 0.790. The van der Waals surface area contributed by atoms with Crippen LogP contribution < -0.4 is 0 Å². The van der Waals surface area contributed by atoms with Crippen molar-refractivity contribution in [3.63, 3.8) is 0 Å². The maximum Gasteiger partial charge on any atom is 0.0220 e. The lowest BCUT2D eigenvalue weighted by Crippen LogP contribution is -2.48. The van der Waals surface area contributed by atoms with E-state index in [0.29, 0.717) is 0 Å². The predicted molar refractivity (Wildman–Crippen MR) is 93.4 cm³/mol. The van der Waals surface area contributed by atoms with Crippen molar-refractivity contribution in [2.24, 2.45) is 0 Å². The third-order valence-electron chi connectivity index (χ3n) is 6.42. The van der Waals surface area contributed by atoms with Crippen LogP contribution in [0.4, 0.5) is 0 Å². The maximum absolute atomic E-state index is 2.81. The second kappa shape index (κ2) is 7.61. The Labute approximate surface area is 137 Å². The van der Waals surface area contributed by atoms with E-state index in [-0.39, 0.29) is 0 Å². The molecule has 4 nitrogen and oxygen atoms in total. The van der Waals surface area contributed by atoms with E-state index in [0.717, 1.165) is 18.1 Å². The van der Waals surface area contributed by atoms with Crippen LogP contribution in [0.25, 0.3) is 0 Å². The molecule has 0 radical (unpaired) electrons. The molecule has 0 aromatic carbocycles. The molecule has 3 fully saturated rings. The Bertz CT molecular complexity index is 296. The molecular weight excluding hydrogens is 272 g/mol. The molecule has 3 saturated heterocycles. The van der Waals surface area contributed by atoms with Crippen LogP contribution in [0.5, 0.6) is 0 Å². The predicted octanol–water partition coefficient (Wildman–Crippen LogP) is 1.57. The van der Waals surface area contributed by atoms with Crippen molar-refractivity contribution in [3.8, 4) is 0 Å². The highest BCUT2D eigenvalue weighted by Gasteiger charge is 2.30. The largest absolute Gasteiger partial charge is 0.302 e. The van der Waals surface area contributed by atoms with Gasteiger partial charge in [-0.15, -0.1) is 0 Å². The molecule has 0 amide bonds. The highest BCUT2D eigenvalue weighted by molar-refractivity contribution is 4.87. The van der Waals surface area contributed by atoms with Crippen molar-refractivity contribution in [2.75, 3.05) is 60.4 Å². The number of rotatable bonds is 6. The molecule has 3 aliphatic rings. The monoisotopic (exact) mass is 308 g/mol. The van der Waals surface area contributed by atoms with Gasteiger partial charge >= 0.3 is 0 Å². The number of hydrogen-bond donors (Lipinski definition) is 0. The second-order valence-electron chi connectivity index (χ2n) is 8.05. The summed E-state index contributed by atoms with van der Waals surface area (Å²) >= 11 is 0. The van der Waals surface area contributed by atoms with Crippen molar-refractivity contribution >= 4 is 0 Å². The standard InChI is InChI=1S/C18H36N4/c1-19-10-4-7-16(19)13-22(14-17-8-5-11-20(17)2)15-18-9-6-12-21(18)3/h16-18H,4-15H2,1-3H3. The van der Waals surface area contributed by atoms with Crippen LogP contribution in [0.2, 0.25) is 0 Å². The normalized spacial score (nSPS) is 35.2. The van der Waals surface area contributed by atoms with Gasteiger partial charge in [0.1, 0.15) is 0 Å². The minimum Gasteiger partial charge on any atom is -0.302 e. The van der Waals surface area contributed by atoms with E-state index in [9.17, 15) is 0 Å². The quantitative estimate of drug-likeness (QED) is 0.738. The number of nitrogens with zero attached hydrogens (tertiary/aromatic N) is 4. The SMILES string of the molecule is CN1CCCC1CN(CC1CCCN1C)CC1CCCN1C. The van der Waals surface area contributed by atoms with Gasteiger partial charge < -0.3 is 14.7 Å². The zero-order valence-electron chi connectivity index (χ0n) is 15.0. The molecule has 22 heavy (non-hydrogen) atoms. The van der Waals surface area contributed by atoms with Crippen LogP contribution in [0, 0.1) is 0 Å². The summed E-state index contributed by atoms with van der Waals surface area (Å²) in [7, 11) is 6.96. The third-order valence-corrected chi connectivity index (χ3v) is 6.42. The Kier molecular flexibility index (Phi) is 5.77. The molecule has 3 rings (SSSR count). The smallest absolute Gasteiger partial charge is 0.0220 e. The van der Waals surface area contributed by atoms with Gasteiger partial charge in [-0.05, 0) is 79.3 Å². The molecule has 0 spiro atoms. The van der Waals surface area contributed by atoms with Crippen LogP contribution in [-0.2, 0) is 0 Å². The minimum atomic E-state index is 0.790. The lowest BCUT2D eigenvalue weighted by molar-refractivity contribution is 0.126. The molecule has 3 atom stereocenters. The average molecular weight is 309 g/mol. The van der Waals surface area contributed by atoms with Crippen LogP contribution in [0.15, 0.2) is 0 Å². The average Bonchev–Trinajstić information content (AvgIpc) is 3.17. The highest BCUT2D eigenvalue weighted by atomic mass is 15.3. The van der Waals surface area contributed by atoms with Gasteiger partial charge in [-0.1, -0.05) is 0 Å². The van der Waals surface area contributed by atoms with E-state index in [2.05, 4.69) is 40.7 Å². The fourth-order valence-corrected chi connectivity index (χ4v) is 4.75. The second-order valence-corrected chi connectivity index (χ2v) is 8.05. The Morgan fingerprint density at radius 1 is 0.636 bits per heavy atom. The summed E-state index contributed by atoms with van der Waals surface area (Å²) < 4.78 is 0. The fourth-order valence-electron chi connectivity index (χ4n) is 4.75. The summed E-state index contributed by atoms with van der Waals surface area (Å²) in [5.74, 6) is 0. The Balaban J connectivity index is 1.58. The summed E-state index contributed by atoms with van der Waals surface area (Å²) in [6, 6.07) is 2.37. The first-order chi connectivity index (χ1) is 10.6. The molecule has 3 aliphatic heterocycles. The third kappa shape index (κ3) is 4.02. The van der Waals surface area contributed by atoms with Gasteiger partial charge in [0.25, 0.3) is 0 Å². The maximum atomic E-state index is 2.81. The van der Waals surface area contributed by atoms with Gasteiger partial charge in [-0.25, -0.2) is 0 Å². The molecule has 3 heterocycles. The molecule has 0 bridgehead atoms. The molecule has 3 unspecified atom stereocenters. The first-order valence-corrected chi connectivity index (χ1v) is 9.46. The van der Waals surface area contributed by atoms with Gasteiger partial charge in [0, 0.05) is 37.8 Å². The Morgan fingerprint density at radius 3 is 1.18 bits per heavy atom. The lowest BCUT2D eigenvalue weighted by Gasteiger charge is -2.35. The van der Waals surface area contributed by atoms with Crippen LogP contribution in [0.3, 0.4) is 0 Å². The number of likely N-dealkylation sites (N-methyl/N-ethyl adjacent to an activating group) is 3. The summed E-state index contributed by atoms with van der Waals surface area (Å²) in [5, 5.41) is 0. The Hall–Kier alpha value is -0.160. The van der Waals surface area contributed by atoms with E-state index in [1.165, 1.54) is 77.8 Å². The van der Waals surface area contributed by atoms with E-state index in [1.807, 2.05) is 0 Å². The fraction of sp³-hybridized carbons (Fsp3) is 1.00. The van der Waals surface area contributed by atoms with Crippen LogP contribution in [0.1, 0.15) is 38.5 Å². The van der Waals surface area contributed by atoms with Crippen LogP contribution >= 0.6 is 0 Å². The van der Waals surface area contributed by atoms with Gasteiger partial charge in [0.15, 0.2) is 0 Å². The number of hydrogen-bond acceptors (Lipinski definition) is 4. The molecule has 4 heteroatoms. The zero-order chi connectivity index (χ0) is 15.5. The van der Waals surface area contributed by atoms with Crippen molar-refractivity contribution < 1.29 is 0 Å². The van der Waals surface area contributed by atoms with Crippen molar-refractivity contribution in [3.05, 3.63) is 0 Å². The van der Waals surface area contributed by atoms with E-state index in [4.69, 9.17) is 0 Å². The molecule has 0 aromatic heterocycles. The van der Waals surface area contributed by atoms with Gasteiger partial charge in [-0.3, -0.25) is 4.90 Å². The van der Waals surface area contributed by atoms with Crippen molar-refractivity contribution in [2.45, 2.75) is 56.7 Å². The number of likely N-dealkylation sites (tertiary alicyclic amines) is 3. The topological polar surface area (TPSA) is 13.0 Å². The first kappa shape index (κ1) is 16.7.